The van der Waals surface area contributed by atoms with Gasteiger partial charge in [0.1, 0.15) is 17.3 Å². The summed E-state index contributed by atoms with van der Waals surface area (Å²) in [6.45, 7) is 2.04. The van der Waals surface area contributed by atoms with E-state index in [9.17, 15) is 14.7 Å². The Morgan fingerprint density at radius 1 is 0.971 bits per heavy atom. The zero-order valence-electron chi connectivity index (χ0n) is 19.0. The number of hydrogen-bond acceptors (Lipinski definition) is 5. The Hall–Kier alpha value is -3.77. The Morgan fingerprint density at radius 3 is 2.21 bits per heavy atom. The van der Waals surface area contributed by atoms with Crippen LogP contribution in [0.25, 0.3) is 5.76 Å². The van der Waals surface area contributed by atoms with Crippen molar-refractivity contribution in [1.82, 2.24) is 0 Å². The number of ketones is 1. The van der Waals surface area contributed by atoms with Crippen molar-refractivity contribution in [1.29, 1.82) is 0 Å². The summed E-state index contributed by atoms with van der Waals surface area (Å²) in [6.07, 6.45) is 0.846. The molecule has 3 aromatic carbocycles. The summed E-state index contributed by atoms with van der Waals surface area (Å²) in [6, 6.07) is 18.4. The molecule has 1 aliphatic rings. The average molecular weight is 478 g/mol. The van der Waals surface area contributed by atoms with Gasteiger partial charge in [-0.2, -0.15) is 0 Å². The number of aryl methyl sites for hydroxylation is 1. The molecule has 6 nitrogen and oxygen atoms in total. The molecule has 174 valence electrons. The highest BCUT2D eigenvalue weighted by Gasteiger charge is 2.47. The van der Waals surface area contributed by atoms with Gasteiger partial charge in [0.15, 0.2) is 0 Å². The second-order valence-corrected chi connectivity index (χ2v) is 8.22. The van der Waals surface area contributed by atoms with Crippen LogP contribution in [-0.4, -0.2) is 31.0 Å². The highest BCUT2D eigenvalue weighted by molar-refractivity contribution is 6.51. The molecular formula is C27H24ClNO5. The first kappa shape index (κ1) is 23.4. The second kappa shape index (κ2) is 9.61. The zero-order chi connectivity index (χ0) is 24.4. The smallest absolute Gasteiger partial charge is 0.300 e. The number of Topliss-reactive ketones (excluding diaryl/α,β-unsaturated/α-hetero) is 1. The van der Waals surface area contributed by atoms with E-state index in [1.807, 2.05) is 31.2 Å². The van der Waals surface area contributed by atoms with Gasteiger partial charge in [-0.25, -0.2) is 0 Å². The summed E-state index contributed by atoms with van der Waals surface area (Å²) in [5.41, 5.74) is 2.61. The van der Waals surface area contributed by atoms with Gasteiger partial charge in [-0.15, -0.1) is 0 Å². The Morgan fingerprint density at radius 2 is 1.65 bits per heavy atom. The number of halogens is 1. The summed E-state index contributed by atoms with van der Waals surface area (Å²) >= 11 is 6.25. The Balaban J connectivity index is 1.91. The van der Waals surface area contributed by atoms with E-state index in [1.54, 1.807) is 43.5 Å². The number of methoxy groups -OCH3 is 2. The number of carbonyl (C=O) groups excluding carboxylic acids is 2. The van der Waals surface area contributed by atoms with Crippen LogP contribution in [0.4, 0.5) is 5.69 Å². The lowest BCUT2D eigenvalue weighted by atomic mass is 9.95. The highest BCUT2D eigenvalue weighted by atomic mass is 35.5. The van der Waals surface area contributed by atoms with Crippen molar-refractivity contribution in [2.24, 2.45) is 0 Å². The third-order valence-electron chi connectivity index (χ3n) is 5.92. The summed E-state index contributed by atoms with van der Waals surface area (Å²) < 4.78 is 10.4. The molecule has 3 aromatic rings. The summed E-state index contributed by atoms with van der Waals surface area (Å²) in [5, 5.41) is 11.5. The van der Waals surface area contributed by atoms with Gasteiger partial charge in [-0.05, 0) is 60.0 Å². The van der Waals surface area contributed by atoms with Gasteiger partial charge in [-0.1, -0.05) is 42.8 Å². The molecule has 1 atom stereocenters. The predicted octanol–water partition coefficient (Wildman–Crippen LogP) is 5.55. The largest absolute Gasteiger partial charge is 0.507 e. The van der Waals surface area contributed by atoms with Crippen molar-refractivity contribution in [3.05, 3.63) is 94.0 Å². The number of amides is 1. The molecule has 34 heavy (non-hydrogen) atoms. The quantitative estimate of drug-likeness (QED) is 0.286. The van der Waals surface area contributed by atoms with Crippen molar-refractivity contribution in [3.8, 4) is 11.5 Å². The van der Waals surface area contributed by atoms with E-state index in [2.05, 4.69) is 0 Å². The molecule has 4 rings (SSSR count). The van der Waals surface area contributed by atoms with E-state index in [1.165, 1.54) is 18.1 Å². The Bertz CT molecular complexity index is 1270. The molecule has 1 unspecified atom stereocenters. The second-order valence-electron chi connectivity index (χ2n) is 7.81. The molecule has 0 radical (unpaired) electrons. The Kier molecular flexibility index (Phi) is 6.61. The molecule has 0 aliphatic carbocycles. The lowest BCUT2D eigenvalue weighted by Crippen LogP contribution is -2.29. The van der Waals surface area contributed by atoms with Gasteiger partial charge in [0.25, 0.3) is 11.7 Å². The molecule has 1 fully saturated rings. The van der Waals surface area contributed by atoms with Crippen LogP contribution in [0.3, 0.4) is 0 Å². The summed E-state index contributed by atoms with van der Waals surface area (Å²) in [5.74, 6) is -0.733. The van der Waals surface area contributed by atoms with Crippen molar-refractivity contribution in [2.45, 2.75) is 19.4 Å². The number of anilines is 1. The highest BCUT2D eigenvalue weighted by Crippen LogP contribution is 2.43. The number of nitrogens with zero attached hydrogens (tertiary/aromatic N) is 1. The zero-order valence-corrected chi connectivity index (χ0v) is 19.8. The van der Waals surface area contributed by atoms with Crippen LogP contribution in [0, 0.1) is 0 Å². The van der Waals surface area contributed by atoms with E-state index in [4.69, 9.17) is 21.1 Å². The number of hydrogen-bond donors (Lipinski definition) is 1. The number of rotatable bonds is 6. The van der Waals surface area contributed by atoms with E-state index in [0.717, 1.165) is 12.0 Å². The lowest BCUT2D eigenvalue weighted by molar-refractivity contribution is -0.132. The van der Waals surface area contributed by atoms with Gasteiger partial charge in [-0.3, -0.25) is 14.5 Å². The van der Waals surface area contributed by atoms with E-state index in [0.29, 0.717) is 28.3 Å². The average Bonchev–Trinajstić information content (AvgIpc) is 3.13. The van der Waals surface area contributed by atoms with Crippen LogP contribution < -0.4 is 14.4 Å². The maximum atomic E-state index is 13.3. The van der Waals surface area contributed by atoms with Gasteiger partial charge in [0, 0.05) is 11.3 Å². The first-order chi connectivity index (χ1) is 16.4. The minimum Gasteiger partial charge on any atom is -0.507 e. The van der Waals surface area contributed by atoms with Crippen LogP contribution in [0.2, 0.25) is 5.02 Å². The molecule has 0 spiro atoms. The maximum Gasteiger partial charge on any atom is 0.300 e. The third-order valence-corrected chi connectivity index (χ3v) is 6.22. The van der Waals surface area contributed by atoms with Crippen molar-refractivity contribution < 1.29 is 24.2 Å². The SMILES string of the molecule is CCc1ccc(N2C(=O)C(=O)/C(=C(\O)c3ccc(OC)c(Cl)c3)C2c2ccc(OC)cc2)cc1. The normalized spacial score (nSPS) is 17.2. The molecule has 1 aliphatic heterocycles. The number of aliphatic hydroxyl groups is 1. The maximum absolute atomic E-state index is 13.3. The molecule has 1 heterocycles. The molecular weight excluding hydrogens is 454 g/mol. The molecule has 7 heteroatoms. The topological polar surface area (TPSA) is 76.1 Å². The van der Waals surface area contributed by atoms with E-state index < -0.39 is 17.7 Å². The van der Waals surface area contributed by atoms with Crippen LogP contribution in [0.15, 0.2) is 72.3 Å². The monoisotopic (exact) mass is 477 g/mol. The summed E-state index contributed by atoms with van der Waals surface area (Å²) in [4.78, 5) is 27.9. The van der Waals surface area contributed by atoms with E-state index in [-0.39, 0.29) is 16.4 Å². The van der Waals surface area contributed by atoms with E-state index >= 15 is 0 Å². The molecule has 0 saturated carbocycles. The first-order valence-electron chi connectivity index (χ1n) is 10.8. The van der Waals surface area contributed by atoms with Gasteiger partial charge in [0.05, 0.1) is 30.9 Å². The fourth-order valence-electron chi connectivity index (χ4n) is 4.06. The van der Waals surface area contributed by atoms with Crippen molar-refractivity contribution in [3.63, 3.8) is 0 Å². The van der Waals surface area contributed by atoms with Crippen LogP contribution in [0.5, 0.6) is 11.5 Å². The van der Waals surface area contributed by atoms with Gasteiger partial charge < -0.3 is 14.6 Å². The standard InChI is InChI=1S/C27H24ClNO5/c1-4-16-5-10-19(11-6-16)29-24(17-7-12-20(33-2)13-8-17)23(26(31)27(29)32)25(30)18-9-14-22(34-3)21(28)15-18/h5-15,24,30H,4H2,1-3H3/b25-23-. The van der Waals surface area contributed by atoms with Crippen LogP contribution in [-0.2, 0) is 16.0 Å². The van der Waals surface area contributed by atoms with Gasteiger partial charge in [0.2, 0.25) is 0 Å². The molecule has 0 bridgehead atoms. The number of ether oxygens (including phenoxy) is 2. The van der Waals surface area contributed by atoms with Gasteiger partial charge >= 0.3 is 0 Å². The lowest BCUT2D eigenvalue weighted by Gasteiger charge is -2.25. The minimum atomic E-state index is -0.834. The Labute approximate surface area is 203 Å². The minimum absolute atomic E-state index is 0.0176. The molecule has 1 N–H and O–H groups in total. The van der Waals surface area contributed by atoms with Crippen molar-refractivity contribution >= 4 is 34.7 Å². The first-order valence-corrected chi connectivity index (χ1v) is 11.1. The summed E-state index contributed by atoms with van der Waals surface area (Å²) in [7, 11) is 3.05. The molecule has 1 saturated heterocycles. The predicted molar refractivity (Wildman–Crippen MR) is 132 cm³/mol. The number of aliphatic hydroxyl groups excluding tert-OH is 1. The fourth-order valence-corrected chi connectivity index (χ4v) is 4.32. The molecule has 1 amide bonds. The number of benzene rings is 3. The molecule has 0 aromatic heterocycles. The number of carbonyl (C=O) groups is 2. The fraction of sp³-hybridized carbons (Fsp3) is 0.185. The third kappa shape index (κ3) is 4.13. The van der Waals surface area contributed by atoms with Crippen LogP contribution >= 0.6 is 11.6 Å². The van der Waals surface area contributed by atoms with Crippen LogP contribution in [0.1, 0.15) is 29.7 Å². The van der Waals surface area contributed by atoms with Crippen molar-refractivity contribution in [2.75, 3.05) is 19.1 Å².